The Balaban J connectivity index is 2.47. The predicted molar refractivity (Wildman–Crippen MR) is 78.2 cm³/mol. The summed E-state index contributed by atoms with van der Waals surface area (Å²) in [5, 5.41) is 10.4. The van der Waals surface area contributed by atoms with Crippen LogP contribution in [-0.4, -0.2) is 30.2 Å². The lowest BCUT2D eigenvalue weighted by molar-refractivity contribution is -0.136. The SMILES string of the molecule is CN(C)c1nc(-c2ccc(Cl)cc2)c(CC(=O)O)s1. The summed E-state index contributed by atoms with van der Waals surface area (Å²) in [6, 6.07) is 7.25. The third-order valence-corrected chi connectivity index (χ3v) is 3.97. The Labute approximate surface area is 120 Å². The molecule has 0 saturated carbocycles. The smallest absolute Gasteiger partial charge is 0.308 e. The molecule has 0 aliphatic rings. The highest BCUT2D eigenvalue weighted by Gasteiger charge is 2.16. The minimum atomic E-state index is -0.857. The molecule has 0 aliphatic carbocycles. The zero-order valence-electron chi connectivity index (χ0n) is 10.6. The Morgan fingerprint density at radius 2 is 2.00 bits per heavy atom. The second-order valence-electron chi connectivity index (χ2n) is 4.24. The Morgan fingerprint density at radius 1 is 1.37 bits per heavy atom. The van der Waals surface area contributed by atoms with E-state index in [1.807, 2.05) is 31.1 Å². The first-order valence-electron chi connectivity index (χ1n) is 5.62. The van der Waals surface area contributed by atoms with E-state index in [1.54, 1.807) is 12.1 Å². The summed E-state index contributed by atoms with van der Waals surface area (Å²) in [4.78, 5) is 18.0. The Morgan fingerprint density at radius 3 is 2.53 bits per heavy atom. The molecule has 0 atom stereocenters. The fourth-order valence-electron chi connectivity index (χ4n) is 1.62. The standard InChI is InChI=1S/C13H13ClN2O2S/c1-16(2)13-15-12(10(19-13)7-11(17)18)8-3-5-9(14)6-4-8/h3-6H,7H2,1-2H3,(H,17,18). The highest BCUT2D eigenvalue weighted by atomic mass is 35.5. The molecule has 1 heterocycles. The molecule has 4 nitrogen and oxygen atoms in total. The van der Waals surface area contributed by atoms with E-state index in [0.717, 1.165) is 15.6 Å². The molecule has 1 aromatic heterocycles. The molecule has 6 heteroatoms. The number of nitrogens with zero attached hydrogens (tertiary/aromatic N) is 2. The van der Waals surface area contributed by atoms with Crippen molar-refractivity contribution >= 4 is 34.0 Å². The van der Waals surface area contributed by atoms with Crippen LogP contribution in [-0.2, 0) is 11.2 Å². The molecule has 100 valence electrons. The Bertz CT molecular complexity index is 593. The summed E-state index contributed by atoms with van der Waals surface area (Å²) >= 11 is 7.25. The molecule has 1 N–H and O–H groups in total. The minimum Gasteiger partial charge on any atom is -0.481 e. The van der Waals surface area contributed by atoms with Gasteiger partial charge in [-0.3, -0.25) is 4.79 Å². The predicted octanol–water partition coefficient (Wildman–Crippen LogP) is 3.16. The number of hydrogen-bond donors (Lipinski definition) is 1. The molecule has 2 aromatic rings. The third-order valence-electron chi connectivity index (χ3n) is 2.50. The fourth-order valence-corrected chi connectivity index (χ4v) is 2.74. The van der Waals surface area contributed by atoms with Gasteiger partial charge in [0.05, 0.1) is 12.1 Å². The van der Waals surface area contributed by atoms with Crippen molar-refractivity contribution in [3.05, 3.63) is 34.2 Å². The first-order chi connectivity index (χ1) is 8.97. The molecule has 0 fully saturated rings. The van der Waals surface area contributed by atoms with Gasteiger partial charge in [0.15, 0.2) is 5.13 Å². The maximum atomic E-state index is 10.9. The van der Waals surface area contributed by atoms with Crippen LogP contribution in [0.2, 0.25) is 5.02 Å². The maximum Gasteiger partial charge on any atom is 0.308 e. The Hall–Kier alpha value is -1.59. The summed E-state index contributed by atoms with van der Waals surface area (Å²) in [7, 11) is 3.77. The molecule has 19 heavy (non-hydrogen) atoms. The lowest BCUT2D eigenvalue weighted by Crippen LogP contribution is -2.07. The van der Waals surface area contributed by atoms with Crippen molar-refractivity contribution in [2.24, 2.45) is 0 Å². The average molecular weight is 297 g/mol. The molecular weight excluding hydrogens is 284 g/mol. The van der Waals surface area contributed by atoms with Crippen LogP contribution in [0.3, 0.4) is 0 Å². The molecule has 0 saturated heterocycles. The number of aliphatic carboxylic acids is 1. The molecule has 0 spiro atoms. The van der Waals surface area contributed by atoms with Gasteiger partial charge < -0.3 is 10.0 Å². The van der Waals surface area contributed by atoms with Crippen LogP contribution in [0.15, 0.2) is 24.3 Å². The van der Waals surface area contributed by atoms with Crippen LogP contribution in [0.25, 0.3) is 11.3 Å². The van der Waals surface area contributed by atoms with E-state index in [0.29, 0.717) is 10.7 Å². The number of carboxylic acid groups (broad SMARTS) is 1. The number of thiazole rings is 1. The van der Waals surface area contributed by atoms with Crippen LogP contribution in [0.1, 0.15) is 4.88 Å². The number of aromatic nitrogens is 1. The average Bonchev–Trinajstić information content (AvgIpc) is 2.73. The minimum absolute atomic E-state index is 0.0243. The van der Waals surface area contributed by atoms with Crippen molar-refractivity contribution < 1.29 is 9.90 Å². The lowest BCUT2D eigenvalue weighted by Gasteiger charge is -2.05. The van der Waals surface area contributed by atoms with Crippen molar-refractivity contribution in [1.82, 2.24) is 4.98 Å². The molecule has 0 unspecified atom stereocenters. The number of halogens is 1. The van der Waals surface area contributed by atoms with Crippen LogP contribution in [0.5, 0.6) is 0 Å². The third kappa shape index (κ3) is 3.24. The van der Waals surface area contributed by atoms with Gasteiger partial charge in [0.2, 0.25) is 0 Å². The lowest BCUT2D eigenvalue weighted by atomic mass is 10.1. The van der Waals surface area contributed by atoms with E-state index in [1.165, 1.54) is 11.3 Å². The second kappa shape index (κ2) is 5.59. The highest BCUT2D eigenvalue weighted by molar-refractivity contribution is 7.16. The highest BCUT2D eigenvalue weighted by Crippen LogP contribution is 2.33. The van der Waals surface area contributed by atoms with E-state index in [2.05, 4.69) is 4.98 Å². The van der Waals surface area contributed by atoms with Crippen molar-refractivity contribution in [1.29, 1.82) is 0 Å². The molecular formula is C13H13ClN2O2S. The van der Waals surface area contributed by atoms with Gasteiger partial charge in [-0.2, -0.15) is 0 Å². The fraction of sp³-hybridized carbons (Fsp3) is 0.231. The van der Waals surface area contributed by atoms with Gasteiger partial charge >= 0.3 is 5.97 Å². The summed E-state index contributed by atoms with van der Waals surface area (Å²) in [6.07, 6.45) is -0.0243. The van der Waals surface area contributed by atoms with E-state index in [9.17, 15) is 4.79 Å². The monoisotopic (exact) mass is 296 g/mol. The summed E-state index contributed by atoms with van der Waals surface area (Å²) in [6.45, 7) is 0. The number of carboxylic acids is 1. The first-order valence-corrected chi connectivity index (χ1v) is 6.81. The van der Waals surface area contributed by atoms with Gasteiger partial charge in [-0.1, -0.05) is 23.7 Å². The number of rotatable bonds is 4. The molecule has 0 radical (unpaired) electrons. The number of carbonyl (C=O) groups is 1. The largest absolute Gasteiger partial charge is 0.481 e. The quantitative estimate of drug-likeness (QED) is 0.941. The van der Waals surface area contributed by atoms with Gasteiger partial charge in [0.1, 0.15) is 0 Å². The van der Waals surface area contributed by atoms with E-state index >= 15 is 0 Å². The topological polar surface area (TPSA) is 53.4 Å². The molecule has 0 bridgehead atoms. The molecule has 1 aromatic carbocycles. The molecule has 0 aliphatic heterocycles. The first kappa shape index (κ1) is 13.8. The van der Waals surface area contributed by atoms with Crippen LogP contribution >= 0.6 is 22.9 Å². The van der Waals surface area contributed by atoms with Gasteiger partial charge in [-0.15, -0.1) is 11.3 Å². The van der Waals surface area contributed by atoms with Crippen molar-refractivity contribution in [3.8, 4) is 11.3 Å². The van der Waals surface area contributed by atoms with Crippen LogP contribution in [0.4, 0.5) is 5.13 Å². The van der Waals surface area contributed by atoms with Crippen molar-refractivity contribution in [2.75, 3.05) is 19.0 Å². The molecule has 2 rings (SSSR count). The number of anilines is 1. The summed E-state index contributed by atoms with van der Waals surface area (Å²) < 4.78 is 0. The second-order valence-corrected chi connectivity index (χ2v) is 5.74. The van der Waals surface area contributed by atoms with Gasteiger partial charge in [-0.25, -0.2) is 4.98 Å². The zero-order valence-corrected chi connectivity index (χ0v) is 12.1. The van der Waals surface area contributed by atoms with E-state index in [-0.39, 0.29) is 6.42 Å². The van der Waals surface area contributed by atoms with Gasteiger partial charge in [0.25, 0.3) is 0 Å². The normalized spacial score (nSPS) is 10.5. The van der Waals surface area contributed by atoms with Crippen LogP contribution in [0, 0.1) is 0 Å². The number of benzene rings is 1. The van der Waals surface area contributed by atoms with E-state index < -0.39 is 5.97 Å². The molecule has 0 amide bonds. The van der Waals surface area contributed by atoms with Crippen LogP contribution < -0.4 is 4.90 Å². The van der Waals surface area contributed by atoms with Gasteiger partial charge in [0, 0.05) is 29.6 Å². The zero-order chi connectivity index (χ0) is 14.0. The summed E-state index contributed by atoms with van der Waals surface area (Å²) in [5.41, 5.74) is 1.60. The summed E-state index contributed by atoms with van der Waals surface area (Å²) in [5.74, 6) is -0.857. The maximum absolute atomic E-state index is 10.9. The van der Waals surface area contributed by atoms with E-state index in [4.69, 9.17) is 16.7 Å². The Kier molecular flexibility index (Phi) is 4.07. The van der Waals surface area contributed by atoms with Crippen molar-refractivity contribution in [2.45, 2.75) is 6.42 Å². The van der Waals surface area contributed by atoms with Crippen molar-refractivity contribution in [3.63, 3.8) is 0 Å². The number of hydrogen-bond acceptors (Lipinski definition) is 4. The van der Waals surface area contributed by atoms with Gasteiger partial charge in [-0.05, 0) is 12.1 Å².